The average molecular weight is 476 g/mol. The topological polar surface area (TPSA) is 74.2 Å². The molecule has 30 heavy (non-hydrogen) atoms. The lowest BCUT2D eigenvalue weighted by atomic mass is 9.95. The highest BCUT2D eigenvalue weighted by atomic mass is 35.5. The van der Waals surface area contributed by atoms with Crippen molar-refractivity contribution in [3.8, 4) is 0 Å². The number of carbonyl (C=O) groups excluding carboxylic acids is 1. The van der Waals surface area contributed by atoms with E-state index in [1.165, 1.54) is 0 Å². The van der Waals surface area contributed by atoms with Crippen LogP contribution in [0, 0.1) is 0 Å². The van der Waals surface area contributed by atoms with E-state index in [2.05, 4.69) is 15.6 Å². The largest absolute Gasteiger partial charge is 0.421 e. The van der Waals surface area contributed by atoms with Crippen molar-refractivity contribution in [1.82, 2.24) is 10.3 Å². The second-order valence-electron chi connectivity index (χ2n) is 6.23. The predicted molar refractivity (Wildman–Crippen MR) is 97.2 cm³/mol. The fourth-order valence-corrected chi connectivity index (χ4v) is 2.74. The second-order valence-corrected chi connectivity index (χ2v) is 7.04. The Morgan fingerprint density at radius 2 is 1.63 bits per heavy atom. The minimum absolute atomic E-state index is 0.118. The Labute approximate surface area is 176 Å². The Morgan fingerprint density at radius 1 is 1.07 bits per heavy atom. The summed E-state index contributed by atoms with van der Waals surface area (Å²) in [7, 11) is 0. The molecule has 5 nitrogen and oxygen atoms in total. The number of nitrogens with zero attached hydrogens (tertiary/aromatic N) is 1. The van der Waals surface area contributed by atoms with Crippen LogP contribution in [-0.2, 0) is 18.3 Å². The van der Waals surface area contributed by atoms with E-state index >= 15 is 0 Å². The molecule has 0 bridgehead atoms. The smallest absolute Gasteiger partial charge is 0.376 e. The highest BCUT2D eigenvalue weighted by Gasteiger charge is 2.51. The number of hydrogen-bond donors (Lipinski definition) is 3. The first kappa shape index (κ1) is 24.0. The van der Waals surface area contributed by atoms with Crippen LogP contribution in [-0.4, -0.2) is 22.3 Å². The molecule has 2 amide bonds. The Hall–Kier alpha value is -2.24. The van der Waals surface area contributed by atoms with Crippen LogP contribution in [0.3, 0.4) is 0 Å². The summed E-state index contributed by atoms with van der Waals surface area (Å²) in [4.78, 5) is 15.6. The molecule has 2 rings (SSSR count). The van der Waals surface area contributed by atoms with E-state index in [0.717, 1.165) is 24.3 Å². The normalized spacial score (nSPS) is 14.2. The molecule has 0 saturated heterocycles. The first-order chi connectivity index (χ1) is 13.6. The third-order valence-electron chi connectivity index (χ3n) is 3.98. The van der Waals surface area contributed by atoms with Gasteiger partial charge in [-0.3, -0.25) is 4.98 Å². The lowest BCUT2D eigenvalue weighted by molar-refractivity contribution is -0.258. The van der Waals surface area contributed by atoms with Crippen molar-refractivity contribution in [2.75, 3.05) is 5.32 Å². The van der Waals surface area contributed by atoms with E-state index < -0.39 is 35.1 Å². The zero-order chi connectivity index (χ0) is 22.9. The van der Waals surface area contributed by atoms with Crippen LogP contribution in [0.4, 0.5) is 36.8 Å². The first-order valence-electron chi connectivity index (χ1n) is 7.98. The van der Waals surface area contributed by atoms with Crippen LogP contribution in [0.25, 0.3) is 0 Å². The summed E-state index contributed by atoms with van der Waals surface area (Å²) < 4.78 is 76.4. The summed E-state index contributed by atoms with van der Waals surface area (Å²) in [5.74, 6) is 0. The number of hydrogen-bond acceptors (Lipinski definition) is 3. The summed E-state index contributed by atoms with van der Waals surface area (Å²) >= 11 is 11.8. The Kier molecular flexibility index (Phi) is 6.79. The standard InChI is InChI=1S/C17H13Cl2F6N3O2/c1-15(30,17(23,24)25)9-4-11(18)13(12(19)5-9)28-14(29)27-7-10-3-2-8(6-26-10)16(20,21)22/h2-6,30H,7H2,1H3,(H2,27,28,29). The number of nitrogens with one attached hydrogen (secondary N) is 2. The number of carbonyl (C=O) groups is 1. The minimum atomic E-state index is -5.00. The molecule has 0 radical (unpaired) electrons. The van der Waals surface area contributed by atoms with Crippen molar-refractivity contribution < 1.29 is 36.2 Å². The molecular weight excluding hydrogens is 463 g/mol. The molecule has 0 aliphatic carbocycles. The first-order valence-corrected chi connectivity index (χ1v) is 8.74. The van der Waals surface area contributed by atoms with Crippen molar-refractivity contribution >= 4 is 34.9 Å². The number of aromatic nitrogens is 1. The summed E-state index contributed by atoms with van der Waals surface area (Å²) in [6, 6.07) is 2.57. The van der Waals surface area contributed by atoms with E-state index in [1.807, 2.05) is 0 Å². The minimum Gasteiger partial charge on any atom is -0.376 e. The molecule has 1 atom stereocenters. The van der Waals surface area contributed by atoms with Crippen molar-refractivity contribution in [3.05, 3.63) is 57.3 Å². The Bertz CT molecular complexity index is 908. The summed E-state index contributed by atoms with van der Waals surface area (Å²) in [5.41, 5.74) is -4.92. The predicted octanol–water partition coefficient (Wildman–Crippen LogP) is 5.50. The second kappa shape index (κ2) is 8.48. The van der Waals surface area contributed by atoms with E-state index in [9.17, 15) is 36.2 Å². The number of amides is 2. The highest BCUT2D eigenvalue weighted by Crippen LogP contribution is 2.42. The number of urea groups is 1. The number of rotatable bonds is 4. The van der Waals surface area contributed by atoms with Gasteiger partial charge in [-0.15, -0.1) is 0 Å². The fraction of sp³-hybridized carbons (Fsp3) is 0.294. The Morgan fingerprint density at radius 3 is 2.07 bits per heavy atom. The van der Waals surface area contributed by atoms with Crippen LogP contribution in [0.5, 0.6) is 0 Å². The van der Waals surface area contributed by atoms with Gasteiger partial charge in [0.1, 0.15) is 0 Å². The monoisotopic (exact) mass is 475 g/mol. The van der Waals surface area contributed by atoms with Crippen LogP contribution < -0.4 is 10.6 Å². The van der Waals surface area contributed by atoms with Crippen molar-refractivity contribution in [2.24, 2.45) is 0 Å². The number of alkyl halides is 6. The Balaban J connectivity index is 2.08. The van der Waals surface area contributed by atoms with Gasteiger partial charge < -0.3 is 15.7 Å². The zero-order valence-corrected chi connectivity index (χ0v) is 16.4. The molecule has 2 aromatic rings. The van der Waals surface area contributed by atoms with Gasteiger partial charge in [0.2, 0.25) is 0 Å². The molecule has 0 fully saturated rings. The lowest BCUT2D eigenvalue weighted by Crippen LogP contribution is -2.39. The average Bonchev–Trinajstić information content (AvgIpc) is 2.61. The van der Waals surface area contributed by atoms with Crippen LogP contribution in [0.1, 0.15) is 23.7 Å². The van der Waals surface area contributed by atoms with Gasteiger partial charge in [-0.1, -0.05) is 23.2 Å². The van der Waals surface area contributed by atoms with Gasteiger partial charge in [0.05, 0.1) is 33.5 Å². The SMILES string of the molecule is CC(O)(c1cc(Cl)c(NC(=O)NCc2ccc(C(F)(F)F)cn2)c(Cl)c1)C(F)(F)F. The van der Waals surface area contributed by atoms with E-state index in [4.69, 9.17) is 23.2 Å². The van der Waals surface area contributed by atoms with Crippen molar-refractivity contribution in [1.29, 1.82) is 0 Å². The highest BCUT2D eigenvalue weighted by molar-refractivity contribution is 6.39. The molecule has 1 aromatic heterocycles. The quantitative estimate of drug-likeness (QED) is 0.511. The number of pyridine rings is 1. The molecule has 3 N–H and O–H groups in total. The van der Waals surface area contributed by atoms with Crippen LogP contribution >= 0.6 is 23.2 Å². The summed E-state index contributed by atoms with van der Waals surface area (Å²) in [6.07, 6.45) is -8.94. The van der Waals surface area contributed by atoms with Gasteiger partial charge >= 0.3 is 18.4 Å². The summed E-state index contributed by atoms with van der Waals surface area (Å²) in [5, 5.41) is 13.5. The maximum absolute atomic E-state index is 13.0. The molecule has 0 aliphatic heterocycles. The third-order valence-corrected chi connectivity index (χ3v) is 4.57. The maximum atomic E-state index is 13.0. The van der Waals surface area contributed by atoms with Gasteiger partial charge in [-0.05, 0) is 36.8 Å². The van der Waals surface area contributed by atoms with Gasteiger partial charge in [-0.2, -0.15) is 26.3 Å². The van der Waals surface area contributed by atoms with Gasteiger partial charge in [0.25, 0.3) is 0 Å². The van der Waals surface area contributed by atoms with Crippen LogP contribution in [0.2, 0.25) is 10.0 Å². The van der Waals surface area contributed by atoms with Crippen LogP contribution in [0.15, 0.2) is 30.5 Å². The molecule has 164 valence electrons. The van der Waals surface area contributed by atoms with Crippen molar-refractivity contribution in [2.45, 2.75) is 31.4 Å². The number of anilines is 1. The molecule has 1 aromatic carbocycles. The molecular formula is C17H13Cl2F6N3O2. The van der Waals surface area contributed by atoms with E-state index in [-0.39, 0.29) is 28.0 Å². The molecule has 13 heteroatoms. The molecule has 1 unspecified atom stereocenters. The van der Waals surface area contributed by atoms with E-state index in [1.54, 1.807) is 0 Å². The van der Waals surface area contributed by atoms with Gasteiger partial charge in [0.15, 0.2) is 5.60 Å². The fourth-order valence-electron chi connectivity index (χ4n) is 2.16. The number of benzene rings is 1. The number of halogens is 8. The molecule has 1 heterocycles. The van der Waals surface area contributed by atoms with Crippen molar-refractivity contribution in [3.63, 3.8) is 0 Å². The summed E-state index contributed by atoms with van der Waals surface area (Å²) in [6.45, 7) is 0.270. The molecule has 0 saturated carbocycles. The lowest BCUT2D eigenvalue weighted by Gasteiger charge is -2.27. The third kappa shape index (κ3) is 5.46. The zero-order valence-electron chi connectivity index (χ0n) is 14.9. The molecule has 0 spiro atoms. The number of aliphatic hydroxyl groups is 1. The maximum Gasteiger partial charge on any atom is 0.421 e. The van der Waals surface area contributed by atoms with Gasteiger partial charge in [-0.25, -0.2) is 4.79 Å². The van der Waals surface area contributed by atoms with Gasteiger partial charge in [0, 0.05) is 6.20 Å². The van der Waals surface area contributed by atoms with E-state index in [0.29, 0.717) is 13.1 Å². The molecule has 0 aliphatic rings.